The molecule has 1 aromatic heterocycles. The minimum Gasteiger partial charge on any atom is -0.508 e. The Balaban J connectivity index is 1.56. The van der Waals surface area contributed by atoms with Gasteiger partial charge in [-0.25, -0.2) is 4.79 Å². The molecule has 0 radical (unpaired) electrons. The van der Waals surface area contributed by atoms with Crippen molar-refractivity contribution in [2.75, 3.05) is 5.32 Å². The third-order valence-electron chi connectivity index (χ3n) is 4.30. The Labute approximate surface area is 135 Å². The van der Waals surface area contributed by atoms with E-state index in [4.69, 9.17) is 0 Å². The molecule has 0 spiro atoms. The van der Waals surface area contributed by atoms with Gasteiger partial charge in [-0.15, -0.1) is 0 Å². The first-order valence-corrected chi connectivity index (χ1v) is 7.93. The van der Waals surface area contributed by atoms with Gasteiger partial charge in [-0.1, -0.05) is 12.1 Å². The lowest BCUT2D eigenvalue weighted by Crippen LogP contribution is -2.31. The average Bonchev–Trinajstić information content (AvgIpc) is 3.26. The summed E-state index contributed by atoms with van der Waals surface area (Å²) in [6.07, 6.45) is 6.04. The summed E-state index contributed by atoms with van der Waals surface area (Å²) in [6, 6.07) is 6.73. The van der Waals surface area contributed by atoms with Gasteiger partial charge in [-0.2, -0.15) is 5.10 Å². The number of carbonyl (C=O) groups excluding carboxylic acids is 1. The molecule has 1 aromatic carbocycles. The zero-order chi connectivity index (χ0) is 16.4. The van der Waals surface area contributed by atoms with Crippen molar-refractivity contribution in [2.45, 2.75) is 38.8 Å². The zero-order valence-corrected chi connectivity index (χ0v) is 13.4. The normalized spacial score (nSPS) is 16.6. The lowest BCUT2D eigenvalue weighted by Gasteiger charge is -2.15. The third-order valence-corrected chi connectivity index (χ3v) is 4.30. The van der Waals surface area contributed by atoms with E-state index in [-0.39, 0.29) is 17.8 Å². The van der Waals surface area contributed by atoms with E-state index < -0.39 is 0 Å². The smallest absolute Gasteiger partial charge is 0.319 e. The number of aromatic nitrogens is 2. The quantitative estimate of drug-likeness (QED) is 0.791. The maximum Gasteiger partial charge on any atom is 0.319 e. The number of phenols is 1. The van der Waals surface area contributed by atoms with Gasteiger partial charge in [-0.3, -0.25) is 4.68 Å². The molecule has 1 fully saturated rings. The molecule has 1 aliphatic rings. The van der Waals surface area contributed by atoms with E-state index in [1.54, 1.807) is 24.4 Å². The number of carbonyl (C=O) groups is 1. The third kappa shape index (κ3) is 3.83. The van der Waals surface area contributed by atoms with Crippen molar-refractivity contribution in [3.63, 3.8) is 0 Å². The van der Waals surface area contributed by atoms with Crippen molar-refractivity contribution in [2.24, 2.45) is 5.92 Å². The molecule has 6 nitrogen and oxygen atoms in total. The van der Waals surface area contributed by atoms with Crippen LogP contribution in [0, 0.1) is 5.92 Å². The molecule has 0 bridgehead atoms. The molecule has 3 rings (SSSR count). The summed E-state index contributed by atoms with van der Waals surface area (Å²) in [6.45, 7) is 4.02. The Morgan fingerprint density at radius 2 is 2.17 bits per heavy atom. The van der Waals surface area contributed by atoms with Crippen molar-refractivity contribution in [1.29, 1.82) is 0 Å². The van der Waals surface area contributed by atoms with Crippen molar-refractivity contribution in [3.8, 4) is 5.75 Å². The van der Waals surface area contributed by atoms with E-state index in [2.05, 4.69) is 22.7 Å². The first-order valence-electron chi connectivity index (χ1n) is 7.93. The van der Waals surface area contributed by atoms with Gasteiger partial charge in [0, 0.05) is 6.20 Å². The second-order valence-corrected chi connectivity index (χ2v) is 6.20. The van der Waals surface area contributed by atoms with Gasteiger partial charge in [-0.05, 0) is 50.3 Å². The first kappa shape index (κ1) is 15.4. The van der Waals surface area contributed by atoms with E-state index in [9.17, 15) is 9.90 Å². The van der Waals surface area contributed by atoms with Gasteiger partial charge in [0.25, 0.3) is 0 Å². The number of urea groups is 1. The SMILES string of the molecule is C[C@H](NC(=O)Nc1cnn([C@@H](C)C2CC2)c1)c1cccc(O)c1. The summed E-state index contributed by atoms with van der Waals surface area (Å²) >= 11 is 0. The molecule has 1 saturated carbocycles. The Morgan fingerprint density at radius 3 is 2.87 bits per heavy atom. The van der Waals surface area contributed by atoms with E-state index in [0.29, 0.717) is 17.6 Å². The second kappa shape index (κ2) is 6.32. The van der Waals surface area contributed by atoms with Crippen LogP contribution in [0.15, 0.2) is 36.7 Å². The van der Waals surface area contributed by atoms with Crippen molar-refractivity contribution >= 4 is 11.7 Å². The predicted octanol–water partition coefficient (Wildman–Crippen LogP) is 3.44. The number of hydrogen-bond donors (Lipinski definition) is 3. The summed E-state index contributed by atoms with van der Waals surface area (Å²) in [5.41, 5.74) is 1.52. The van der Waals surface area contributed by atoms with Crippen LogP contribution in [0.1, 0.15) is 44.3 Å². The molecule has 1 heterocycles. The highest BCUT2D eigenvalue weighted by molar-refractivity contribution is 5.89. The number of benzene rings is 1. The molecule has 23 heavy (non-hydrogen) atoms. The number of phenolic OH excluding ortho intramolecular Hbond substituents is 1. The number of aromatic hydroxyl groups is 1. The standard InChI is InChI=1S/C17H22N4O2/c1-11(14-4-3-5-16(22)8-14)19-17(23)20-15-9-18-21(10-15)12(2)13-6-7-13/h3-5,8-13,22H,6-7H2,1-2H3,(H2,19,20,23)/t11-,12-/m0/s1. The molecule has 0 unspecified atom stereocenters. The first-order chi connectivity index (χ1) is 11.0. The molecule has 122 valence electrons. The summed E-state index contributed by atoms with van der Waals surface area (Å²) in [5, 5.41) is 19.5. The second-order valence-electron chi connectivity index (χ2n) is 6.20. The van der Waals surface area contributed by atoms with Crippen LogP contribution in [0.2, 0.25) is 0 Å². The molecule has 0 saturated heterocycles. The molecule has 2 amide bonds. The van der Waals surface area contributed by atoms with E-state index in [0.717, 1.165) is 5.56 Å². The molecule has 1 aliphatic carbocycles. The summed E-state index contributed by atoms with van der Waals surface area (Å²) < 4.78 is 1.91. The van der Waals surface area contributed by atoms with E-state index in [1.807, 2.05) is 23.9 Å². The van der Waals surface area contributed by atoms with Gasteiger partial charge in [0.15, 0.2) is 0 Å². The highest BCUT2D eigenvalue weighted by Gasteiger charge is 2.29. The Kier molecular flexibility index (Phi) is 4.23. The Morgan fingerprint density at radius 1 is 1.39 bits per heavy atom. The van der Waals surface area contributed by atoms with Gasteiger partial charge >= 0.3 is 6.03 Å². The van der Waals surface area contributed by atoms with Crippen molar-refractivity contribution < 1.29 is 9.90 Å². The number of nitrogens with zero attached hydrogens (tertiary/aromatic N) is 2. The van der Waals surface area contributed by atoms with Gasteiger partial charge in [0.2, 0.25) is 0 Å². The van der Waals surface area contributed by atoms with Gasteiger partial charge < -0.3 is 15.7 Å². The van der Waals surface area contributed by atoms with Gasteiger partial charge in [0.05, 0.1) is 24.0 Å². The molecule has 3 N–H and O–H groups in total. The number of hydrogen-bond acceptors (Lipinski definition) is 3. The summed E-state index contributed by atoms with van der Waals surface area (Å²) in [5.74, 6) is 0.897. The van der Waals surface area contributed by atoms with Crippen LogP contribution in [0.25, 0.3) is 0 Å². The van der Waals surface area contributed by atoms with Gasteiger partial charge in [0.1, 0.15) is 5.75 Å². The largest absolute Gasteiger partial charge is 0.508 e. The molecular weight excluding hydrogens is 292 g/mol. The number of rotatable bonds is 5. The number of nitrogens with one attached hydrogen (secondary N) is 2. The minimum atomic E-state index is -0.292. The molecule has 0 aliphatic heterocycles. The molecule has 2 aromatic rings. The topological polar surface area (TPSA) is 79.2 Å². The van der Waals surface area contributed by atoms with E-state index >= 15 is 0 Å². The summed E-state index contributed by atoms with van der Waals surface area (Å²) in [4.78, 5) is 12.1. The van der Waals surface area contributed by atoms with Crippen LogP contribution in [0.3, 0.4) is 0 Å². The lowest BCUT2D eigenvalue weighted by atomic mass is 10.1. The average molecular weight is 314 g/mol. The fraction of sp³-hybridized carbons (Fsp3) is 0.412. The van der Waals surface area contributed by atoms with Crippen LogP contribution in [-0.2, 0) is 0 Å². The van der Waals surface area contributed by atoms with Crippen LogP contribution in [0.4, 0.5) is 10.5 Å². The molecule has 2 atom stereocenters. The fourth-order valence-corrected chi connectivity index (χ4v) is 2.66. The highest BCUT2D eigenvalue weighted by Crippen LogP contribution is 2.39. The van der Waals surface area contributed by atoms with Crippen LogP contribution < -0.4 is 10.6 Å². The van der Waals surface area contributed by atoms with Crippen LogP contribution >= 0.6 is 0 Å². The predicted molar refractivity (Wildman–Crippen MR) is 88.3 cm³/mol. The van der Waals surface area contributed by atoms with Crippen LogP contribution in [0.5, 0.6) is 5.75 Å². The minimum absolute atomic E-state index is 0.187. The van der Waals surface area contributed by atoms with E-state index in [1.165, 1.54) is 12.8 Å². The maximum atomic E-state index is 12.1. The molecular formula is C17H22N4O2. The number of amides is 2. The van der Waals surface area contributed by atoms with Crippen molar-refractivity contribution in [3.05, 3.63) is 42.2 Å². The maximum absolute atomic E-state index is 12.1. The number of anilines is 1. The zero-order valence-electron chi connectivity index (χ0n) is 13.4. The highest BCUT2D eigenvalue weighted by atomic mass is 16.3. The lowest BCUT2D eigenvalue weighted by molar-refractivity contribution is 0.249. The Bertz CT molecular complexity index is 693. The van der Waals surface area contributed by atoms with Crippen molar-refractivity contribution in [1.82, 2.24) is 15.1 Å². The monoisotopic (exact) mass is 314 g/mol. The fourth-order valence-electron chi connectivity index (χ4n) is 2.66. The molecule has 6 heteroatoms. The van der Waals surface area contributed by atoms with Crippen LogP contribution in [-0.4, -0.2) is 20.9 Å². The summed E-state index contributed by atoms with van der Waals surface area (Å²) in [7, 11) is 0. The Hall–Kier alpha value is -2.50.